The Kier molecular flexibility index (Phi) is 3.26. The van der Waals surface area contributed by atoms with Crippen LogP contribution in [-0.4, -0.2) is 5.96 Å². The third kappa shape index (κ3) is 2.34. The summed E-state index contributed by atoms with van der Waals surface area (Å²) < 4.78 is 13.2. The minimum Gasteiger partial charge on any atom is -0.369 e. The van der Waals surface area contributed by atoms with Crippen molar-refractivity contribution in [1.29, 1.82) is 5.26 Å². The van der Waals surface area contributed by atoms with E-state index in [-0.39, 0.29) is 16.7 Å². The van der Waals surface area contributed by atoms with Crippen molar-refractivity contribution in [2.75, 3.05) is 0 Å². The summed E-state index contributed by atoms with van der Waals surface area (Å²) in [6, 6.07) is 4.32. The maximum atomic E-state index is 13.2. The van der Waals surface area contributed by atoms with Crippen LogP contribution in [0.1, 0.15) is 0 Å². The minimum atomic E-state index is -0.670. The highest BCUT2D eigenvalue weighted by Gasteiger charge is 2.04. The van der Waals surface area contributed by atoms with E-state index in [0.717, 1.165) is 0 Å². The van der Waals surface area contributed by atoms with Gasteiger partial charge in [-0.2, -0.15) is 5.26 Å². The molecule has 0 aromatic heterocycles. The SMILES string of the molecule is N#CNC(N)=Nc1cccc(Cl)c1F. The normalized spacial score (nSPS) is 10.8. The Labute approximate surface area is 84.8 Å². The van der Waals surface area contributed by atoms with Crippen LogP contribution in [-0.2, 0) is 0 Å². The fourth-order valence-corrected chi connectivity index (χ4v) is 0.963. The topological polar surface area (TPSA) is 74.2 Å². The Bertz CT molecular complexity index is 410. The molecule has 0 saturated heterocycles. The van der Waals surface area contributed by atoms with E-state index >= 15 is 0 Å². The number of rotatable bonds is 1. The zero-order valence-corrected chi connectivity index (χ0v) is 7.72. The van der Waals surface area contributed by atoms with Crippen LogP contribution in [0.4, 0.5) is 10.1 Å². The van der Waals surface area contributed by atoms with E-state index in [2.05, 4.69) is 10.3 Å². The number of nitrogens with one attached hydrogen (secondary N) is 1. The molecular formula is C8H6ClFN4. The van der Waals surface area contributed by atoms with Crippen molar-refractivity contribution >= 4 is 23.2 Å². The first-order valence-corrected chi connectivity index (χ1v) is 3.96. The molecule has 72 valence electrons. The lowest BCUT2D eigenvalue weighted by Gasteiger charge is -1.99. The molecular weight excluding hydrogens is 207 g/mol. The third-order valence-electron chi connectivity index (χ3n) is 1.36. The van der Waals surface area contributed by atoms with E-state index in [0.29, 0.717) is 0 Å². The summed E-state index contributed by atoms with van der Waals surface area (Å²) in [4.78, 5) is 3.61. The average Bonchev–Trinajstić information content (AvgIpc) is 2.13. The fourth-order valence-electron chi connectivity index (χ4n) is 0.794. The van der Waals surface area contributed by atoms with Crippen molar-refractivity contribution < 1.29 is 4.39 Å². The molecule has 0 aliphatic carbocycles. The molecule has 0 aliphatic heterocycles. The first kappa shape index (κ1) is 10.3. The van der Waals surface area contributed by atoms with Gasteiger partial charge >= 0.3 is 0 Å². The molecule has 6 heteroatoms. The van der Waals surface area contributed by atoms with Crippen molar-refractivity contribution in [3.8, 4) is 6.19 Å². The Balaban J connectivity index is 3.04. The van der Waals surface area contributed by atoms with Gasteiger partial charge in [-0.15, -0.1) is 0 Å². The van der Waals surface area contributed by atoms with Crippen LogP contribution in [0.5, 0.6) is 0 Å². The van der Waals surface area contributed by atoms with Gasteiger partial charge < -0.3 is 5.73 Å². The smallest absolute Gasteiger partial charge is 0.207 e. The largest absolute Gasteiger partial charge is 0.369 e. The highest BCUT2D eigenvalue weighted by Crippen LogP contribution is 2.24. The van der Waals surface area contributed by atoms with Crippen LogP contribution < -0.4 is 11.1 Å². The summed E-state index contributed by atoms with van der Waals surface area (Å²) in [6.07, 6.45) is 1.56. The predicted octanol–water partition coefficient (Wildman–Crippen LogP) is 1.50. The second-order valence-electron chi connectivity index (χ2n) is 2.31. The third-order valence-corrected chi connectivity index (χ3v) is 1.65. The van der Waals surface area contributed by atoms with Crippen molar-refractivity contribution in [2.45, 2.75) is 0 Å². The zero-order chi connectivity index (χ0) is 10.6. The lowest BCUT2D eigenvalue weighted by Crippen LogP contribution is -2.26. The number of benzene rings is 1. The van der Waals surface area contributed by atoms with E-state index in [9.17, 15) is 4.39 Å². The first-order valence-electron chi connectivity index (χ1n) is 3.58. The number of nitrogens with zero attached hydrogens (tertiary/aromatic N) is 2. The lowest BCUT2D eigenvalue weighted by molar-refractivity contribution is 0.630. The number of nitrogens with two attached hydrogens (primary N) is 1. The van der Waals surface area contributed by atoms with Crippen LogP contribution in [0.2, 0.25) is 5.02 Å². The van der Waals surface area contributed by atoms with Crippen LogP contribution in [0, 0.1) is 17.3 Å². The van der Waals surface area contributed by atoms with Gasteiger partial charge in [0.25, 0.3) is 0 Å². The van der Waals surface area contributed by atoms with Gasteiger partial charge in [-0.25, -0.2) is 9.38 Å². The van der Waals surface area contributed by atoms with Crippen LogP contribution in [0.25, 0.3) is 0 Å². The van der Waals surface area contributed by atoms with Gasteiger partial charge in [0.2, 0.25) is 5.96 Å². The molecule has 1 aromatic carbocycles. The van der Waals surface area contributed by atoms with E-state index in [4.69, 9.17) is 22.6 Å². The summed E-state index contributed by atoms with van der Waals surface area (Å²) in [5.41, 5.74) is 5.23. The van der Waals surface area contributed by atoms with Gasteiger partial charge in [-0.1, -0.05) is 17.7 Å². The van der Waals surface area contributed by atoms with Crippen molar-refractivity contribution in [1.82, 2.24) is 5.32 Å². The molecule has 0 saturated carbocycles. The molecule has 0 radical (unpaired) electrons. The number of hydrogen-bond donors (Lipinski definition) is 2. The first-order chi connectivity index (χ1) is 6.65. The molecule has 0 atom stereocenters. The highest BCUT2D eigenvalue weighted by molar-refractivity contribution is 6.31. The quantitative estimate of drug-likeness (QED) is 0.321. The molecule has 0 bridgehead atoms. The predicted molar refractivity (Wildman–Crippen MR) is 51.4 cm³/mol. The molecule has 3 N–H and O–H groups in total. The number of nitriles is 1. The summed E-state index contributed by atoms with van der Waals surface area (Å²) >= 11 is 5.50. The Morgan fingerprint density at radius 2 is 2.36 bits per heavy atom. The monoisotopic (exact) mass is 212 g/mol. The average molecular weight is 213 g/mol. The molecule has 14 heavy (non-hydrogen) atoms. The van der Waals surface area contributed by atoms with Gasteiger partial charge in [0.1, 0.15) is 5.69 Å². The van der Waals surface area contributed by atoms with E-state index in [1.807, 2.05) is 0 Å². The van der Waals surface area contributed by atoms with Crippen LogP contribution in [0.3, 0.4) is 0 Å². The molecule has 1 aromatic rings. The second kappa shape index (κ2) is 4.44. The molecule has 0 unspecified atom stereocenters. The summed E-state index contributed by atoms with van der Waals surface area (Å²) in [5, 5.41) is 10.2. The van der Waals surface area contributed by atoms with Gasteiger partial charge in [-0.05, 0) is 12.1 Å². The molecule has 0 aliphatic rings. The molecule has 4 nitrogen and oxygen atoms in total. The fraction of sp³-hybridized carbons (Fsp3) is 0. The Hall–Kier alpha value is -1.80. The van der Waals surface area contributed by atoms with E-state index in [1.165, 1.54) is 18.2 Å². The van der Waals surface area contributed by atoms with E-state index < -0.39 is 5.82 Å². The number of aliphatic imine (C=N–C) groups is 1. The maximum absolute atomic E-state index is 13.2. The Morgan fingerprint density at radius 1 is 1.64 bits per heavy atom. The van der Waals surface area contributed by atoms with Gasteiger partial charge in [0.05, 0.1) is 5.02 Å². The van der Waals surface area contributed by atoms with E-state index in [1.54, 1.807) is 6.19 Å². The molecule has 0 fully saturated rings. The second-order valence-corrected chi connectivity index (χ2v) is 2.71. The molecule has 0 amide bonds. The number of halogens is 2. The van der Waals surface area contributed by atoms with Gasteiger partial charge in [0.15, 0.2) is 12.0 Å². The summed E-state index contributed by atoms with van der Waals surface area (Å²) in [6.45, 7) is 0. The molecule has 1 rings (SSSR count). The number of guanidine groups is 1. The van der Waals surface area contributed by atoms with Crippen molar-refractivity contribution in [2.24, 2.45) is 10.7 Å². The maximum Gasteiger partial charge on any atom is 0.207 e. The lowest BCUT2D eigenvalue weighted by atomic mass is 10.3. The highest BCUT2D eigenvalue weighted by atomic mass is 35.5. The molecule has 0 heterocycles. The molecule has 0 spiro atoms. The van der Waals surface area contributed by atoms with Crippen LogP contribution >= 0.6 is 11.6 Å². The van der Waals surface area contributed by atoms with Gasteiger partial charge in [0, 0.05) is 0 Å². The standard InChI is InChI=1S/C8H6ClFN4/c9-5-2-1-3-6(7(5)10)14-8(12)13-4-11/h1-3H,(H3,12,13,14). The van der Waals surface area contributed by atoms with Crippen molar-refractivity contribution in [3.05, 3.63) is 29.0 Å². The van der Waals surface area contributed by atoms with Crippen LogP contribution in [0.15, 0.2) is 23.2 Å². The van der Waals surface area contributed by atoms with Crippen molar-refractivity contribution in [3.63, 3.8) is 0 Å². The Morgan fingerprint density at radius 3 is 3.00 bits per heavy atom. The summed E-state index contributed by atoms with van der Waals surface area (Å²) in [5.74, 6) is -0.856. The zero-order valence-electron chi connectivity index (χ0n) is 6.96. The minimum absolute atomic E-state index is 0.0160. The van der Waals surface area contributed by atoms with Gasteiger partial charge in [-0.3, -0.25) is 5.32 Å². The number of hydrogen-bond acceptors (Lipinski definition) is 2. The summed E-state index contributed by atoms with van der Waals surface area (Å²) in [7, 11) is 0.